The number of nitrogens with zero attached hydrogens (tertiary/aromatic N) is 1. The van der Waals surface area contributed by atoms with Gasteiger partial charge in [0.1, 0.15) is 0 Å². The molecule has 3 heteroatoms. The Balaban J connectivity index is 2.07. The Labute approximate surface area is 132 Å². The van der Waals surface area contributed by atoms with Crippen molar-refractivity contribution in [1.82, 2.24) is 0 Å². The van der Waals surface area contributed by atoms with Crippen molar-refractivity contribution < 1.29 is 4.79 Å². The number of benzene rings is 2. The molecule has 2 aromatic carbocycles. The molecule has 0 aliphatic rings. The number of nitrogens with one attached hydrogen (secondary N) is 1. The molecule has 0 saturated heterocycles. The van der Waals surface area contributed by atoms with Crippen LogP contribution in [0.15, 0.2) is 61.2 Å². The summed E-state index contributed by atoms with van der Waals surface area (Å²) in [7, 11) is 0. The highest BCUT2D eigenvalue weighted by Crippen LogP contribution is 2.16. The van der Waals surface area contributed by atoms with Gasteiger partial charge in [0.2, 0.25) is 5.91 Å². The fraction of sp³-hybridized carbons (Fsp3) is 0.211. The Morgan fingerprint density at radius 3 is 2.36 bits per heavy atom. The smallest absolute Gasteiger partial charge is 0.246 e. The lowest BCUT2D eigenvalue weighted by atomic mass is 10.1. The zero-order valence-corrected chi connectivity index (χ0v) is 13.2. The van der Waals surface area contributed by atoms with E-state index in [-0.39, 0.29) is 12.5 Å². The molecule has 0 aliphatic carbocycles. The highest BCUT2D eigenvalue weighted by molar-refractivity contribution is 5.96. The van der Waals surface area contributed by atoms with Gasteiger partial charge in [0.15, 0.2) is 0 Å². The van der Waals surface area contributed by atoms with Crippen molar-refractivity contribution in [1.29, 1.82) is 0 Å². The summed E-state index contributed by atoms with van der Waals surface area (Å²) >= 11 is 0. The highest BCUT2D eigenvalue weighted by Gasteiger charge is 2.13. The molecule has 1 amide bonds. The minimum atomic E-state index is 0.0188. The molecule has 0 fully saturated rings. The van der Waals surface area contributed by atoms with Gasteiger partial charge in [-0.1, -0.05) is 30.3 Å². The summed E-state index contributed by atoms with van der Waals surface area (Å²) in [5, 5.41) is 3.21. The van der Waals surface area contributed by atoms with E-state index in [9.17, 15) is 4.79 Å². The number of carbonyl (C=O) groups is 1. The van der Waals surface area contributed by atoms with E-state index >= 15 is 0 Å². The number of rotatable bonds is 6. The van der Waals surface area contributed by atoms with Gasteiger partial charge in [-0.15, -0.1) is 6.58 Å². The van der Waals surface area contributed by atoms with E-state index in [1.54, 1.807) is 11.0 Å². The van der Waals surface area contributed by atoms with Crippen molar-refractivity contribution in [3.8, 4) is 0 Å². The molecule has 0 atom stereocenters. The third-order valence-corrected chi connectivity index (χ3v) is 3.35. The first-order valence-electron chi connectivity index (χ1n) is 7.38. The van der Waals surface area contributed by atoms with Crippen LogP contribution in [-0.2, 0) is 4.79 Å². The second kappa shape index (κ2) is 7.46. The van der Waals surface area contributed by atoms with E-state index < -0.39 is 0 Å². The summed E-state index contributed by atoms with van der Waals surface area (Å²) in [5.74, 6) is 0.0188. The van der Waals surface area contributed by atoms with Crippen molar-refractivity contribution in [2.24, 2.45) is 0 Å². The molecule has 0 unspecified atom stereocenters. The molecule has 0 aliphatic heterocycles. The molecule has 0 bridgehead atoms. The van der Waals surface area contributed by atoms with Crippen LogP contribution in [0.5, 0.6) is 0 Å². The molecule has 0 heterocycles. The minimum Gasteiger partial charge on any atom is -0.376 e. The Morgan fingerprint density at radius 1 is 1.14 bits per heavy atom. The number of hydrogen-bond acceptors (Lipinski definition) is 2. The second-order valence-electron chi connectivity index (χ2n) is 5.36. The van der Waals surface area contributed by atoms with E-state index in [1.807, 2.05) is 56.3 Å². The van der Waals surface area contributed by atoms with Crippen molar-refractivity contribution in [2.45, 2.75) is 13.8 Å². The van der Waals surface area contributed by atoms with E-state index in [2.05, 4.69) is 18.0 Å². The molecule has 0 spiro atoms. The van der Waals surface area contributed by atoms with Gasteiger partial charge in [-0.2, -0.15) is 0 Å². The van der Waals surface area contributed by atoms with Crippen LogP contribution in [0.3, 0.4) is 0 Å². The standard InChI is InChI=1S/C19H22N2O/c1-4-10-21(18-8-6-5-7-9-18)19(22)14-20-17-12-15(2)11-16(3)13-17/h4-9,11-13,20H,1,10,14H2,2-3H3. The Morgan fingerprint density at radius 2 is 1.77 bits per heavy atom. The van der Waals surface area contributed by atoms with Gasteiger partial charge in [0, 0.05) is 17.9 Å². The summed E-state index contributed by atoms with van der Waals surface area (Å²) in [6, 6.07) is 15.8. The third kappa shape index (κ3) is 4.22. The molecule has 1 N–H and O–H groups in total. The largest absolute Gasteiger partial charge is 0.376 e. The van der Waals surface area contributed by atoms with Gasteiger partial charge in [-0.25, -0.2) is 0 Å². The fourth-order valence-corrected chi connectivity index (χ4v) is 2.44. The normalized spacial score (nSPS) is 10.1. The zero-order chi connectivity index (χ0) is 15.9. The molecule has 0 aromatic heterocycles. The molecular weight excluding hydrogens is 272 g/mol. The number of amides is 1. The maximum atomic E-state index is 12.5. The summed E-state index contributed by atoms with van der Waals surface area (Å²) in [6.45, 7) is 8.59. The van der Waals surface area contributed by atoms with Crippen LogP contribution in [0, 0.1) is 13.8 Å². The summed E-state index contributed by atoms with van der Waals surface area (Å²) in [5.41, 5.74) is 4.22. The fourth-order valence-electron chi connectivity index (χ4n) is 2.44. The van der Waals surface area contributed by atoms with Gasteiger partial charge >= 0.3 is 0 Å². The predicted molar refractivity (Wildman–Crippen MR) is 93.4 cm³/mol. The topological polar surface area (TPSA) is 32.3 Å². The van der Waals surface area contributed by atoms with Crippen LogP contribution in [-0.4, -0.2) is 19.0 Å². The van der Waals surface area contributed by atoms with Gasteiger partial charge in [-0.3, -0.25) is 4.79 Å². The first-order chi connectivity index (χ1) is 10.6. The van der Waals surface area contributed by atoms with Crippen molar-refractivity contribution >= 4 is 17.3 Å². The number of para-hydroxylation sites is 1. The first-order valence-corrected chi connectivity index (χ1v) is 7.38. The average Bonchev–Trinajstić information content (AvgIpc) is 2.50. The van der Waals surface area contributed by atoms with E-state index in [1.165, 1.54) is 11.1 Å². The maximum absolute atomic E-state index is 12.5. The second-order valence-corrected chi connectivity index (χ2v) is 5.36. The van der Waals surface area contributed by atoms with Crippen LogP contribution >= 0.6 is 0 Å². The van der Waals surface area contributed by atoms with Gasteiger partial charge < -0.3 is 10.2 Å². The van der Waals surface area contributed by atoms with Crippen LogP contribution in [0.2, 0.25) is 0 Å². The van der Waals surface area contributed by atoms with Gasteiger partial charge in [-0.05, 0) is 49.2 Å². The Hall–Kier alpha value is -2.55. The van der Waals surface area contributed by atoms with Crippen LogP contribution in [0.25, 0.3) is 0 Å². The van der Waals surface area contributed by atoms with Crippen molar-refractivity contribution in [2.75, 3.05) is 23.3 Å². The quantitative estimate of drug-likeness (QED) is 0.819. The maximum Gasteiger partial charge on any atom is 0.246 e. The molecule has 22 heavy (non-hydrogen) atoms. The molecule has 3 nitrogen and oxygen atoms in total. The van der Waals surface area contributed by atoms with Gasteiger partial charge in [0.05, 0.1) is 6.54 Å². The lowest BCUT2D eigenvalue weighted by molar-refractivity contribution is -0.116. The molecule has 2 rings (SSSR count). The molecular formula is C19H22N2O. The van der Waals surface area contributed by atoms with E-state index in [4.69, 9.17) is 0 Å². The SMILES string of the molecule is C=CCN(C(=O)CNc1cc(C)cc(C)c1)c1ccccc1. The molecule has 0 radical (unpaired) electrons. The lowest BCUT2D eigenvalue weighted by Crippen LogP contribution is -2.35. The van der Waals surface area contributed by atoms with Gasteiger partial charge in [0.25, 0.3) is 0 Å². The molecule has 114 valence electrons. The average molecular weight is 294 g/mol. The van der Waals surface area contributed by atoms with Crippen molar-refractivity contribution in [3.05, 3.63) is 72.3 Å². The summed E-state index contributed by atoms with van der Waals surface area (Å²) in [4.78, 5) is 14.2. The van der Waals surface area contributed by atoms with E-state index in [0.29, 0.717) is 6.54 Å². The minimum absolute atomic E-state index is 0.0188. The Kier molecular flexibility index (Phi) is 5.37. The number of anilines is 2. The van der Waals surface area contributed by atoms with Crippen LogP contribution < -0.4 is 10.2 Å². The highest BCUT2D eigenvalue weighted by atomic mass is 16.2. The number of carbonyl (C=O) groups excluding carboxylic acids is 1. The zero-order valence-electron chi connectivity index (χ0n) is 13.2. The van der Waals surface area contributed by atoms with Crippen LogP contribution in [0.4, 0.5) is 11.4 Å². The Bertz CT molecular complexity index is 629. The molecule has 2 aromatic rings. The lowest BCUT2D eigenvalue weighted by Gasteiger charge is -2.22. The monoisotopic (exact) mass is 294 g/mol. The summed E-state index contributed by atoms with van der Waals surface area (Å²) < 4.78 is 0. The number of hydrogen-bond donors (Lipinski definition) is 1. The first kappa shape index (κ1) is 15.8. The van der Waals surface area contributed by atoms with E-state index in [0.717, 1.165) is 11.4 Å². The summed E-state index contributed by atoms with van der Waals surface area (Å²) in [6.07, 6.45) is 1.74. The van der Waals surface area contributed by atoms with Crippen molar-refractivity contribution in [3.63, 3.8) is 0 Å². The third-order valence-electron chi connectivity index (χ3n) is 3.35. The number of aryl methyl sites for hydroxylation is 2. The van der Waals surface area contributed by atoms with Crippen LogP contribution in [0.1, 0.15) is 11.1 Å². The molecule has 0 saturated carbocycles. The predicted octanol–water partition coefficient (Wildman–Crippen LogP) is 3.93.